The minimum absolute atomic E-state index is 0.165. The van der Waals surface area contributed by atoms with E-state index in [9.17, 15) is 4.79 Å². The monoisotopic (exact) mass is 245 g/mol. The topological polar surface area (TPSA) is 20.3 Å². The minimum atomic E-state index is 0.165. The lowest BCUT2D eigenvalue weighted by Crippen LogP contribution is -2.29. The van der Waals surface area contributed by atoms with Crippen LogP contribution in [0.4, 0.5) is 0 Å². The molecule has 0 spiro atoms. The van der Waals surface area contributed by atoms with Gasteiger partial charge in [0.25, 0.3) is 0 Å². The fourth-order valence-electron chi connectivity index (χ4n) is 2.19. The van der Waals surface area contributed by atoms with Gasteiger partial charge in [0.1, 0.15) is 0 Å². The molecule has 0 bridgehead atoms. The van der Waals surface area contributed by atoms with Crippen LogP contribution in [0.1, 0.15) is 33.3 Å². The summed E-state index contributed by atoms with van der Waals surface area (Å²) < 4.78 is 0. The second kappa shape index (κ2) is 7.00. The molecule has 0 aliphatic carbocycles. The van der Waals surface area contributed by atoms with Crippen LogP contribution in [-0.4, -0.2) is 23.3 Å². The Morgan fingerprint density at radius 1 is 1.28 bits per heavy atom. The first-order valence-corrected chi connectivity index (χ1v) is 6.56. The second-order valence-corrected chi connectivity index (χ2v) is 4.79. The first kappa shape index (κ1) is 14.5. The molecule has 0 atom stereocenters. The molecule has 18 heavy (non-hydrogen) atoms. The van der Waals surface area contributed by atoms with Crippen molar-refractivity contribution in [2.24, 2.45) is 0 Å². The van der Waals surface area contributed by atoms with E-state index >= 15 is 0 Å². The number of benzene rings is 1. The van der Waals surface area contributed by atoms with Crippen LogP contribution in [0.3, 0.4) is 0 Å². The highest BCUT2D eigenvalue weighted by atomic mass is 16.1. The van der Waals surface area contributed by atoms with E-state index in [0.717, 1.165) is 17.8 Å². The van der Waals surface area contributed by atoms with Crippen LogP contribution < -0.4 is 0 Å². The molecule has 0 saturated carbocycles. The van der Waals surface area contributed by atoms with Crippen LogP contribution in [0.5, 0.6) is 0 Å². The van der Waals surface area contributed by atoms with Gasteiger partial charge in [0.2, 0.25) is 0 Å². The van der Waals surface area contributed by atoms with Crippen LogP contribution in [0.25, 0.3) is 0 Å². The van der Waals surface area contributed by atoms with E-state index in [4.69, 9.17) is 0 Å². The third kappa shape index (κ3) is 4.36. The van der Waals surface area contributed by atoms with Gasteiger partial charge >= 0.3 is 0 Å². The molecule has 1 rings (SSSR count). The molecule has 0 heterocycles. The van der Waals surface area contributed by atoms with Gasteiger partial charge in [-0.3, -0.25) is 4.79 Å². The van der Waals surface area contributed by atoms with Crippen molar-refractivity contribution in [2.45, 2.75) is 40.2 Å². The van der Waals surface area contributed by atoms with E-state index in [1.807, 2.05) is 37.3 Å². The van der Waals surface area contributed by atoms with Gasteiger partial charge < -0.3 is 4.90 Å². The Morgan fingerprint density at radius 2 is 1.89 bits per heavy atom. The molecule has 0 aromatic heterocycles. The Morgan fingerprint density at radius 3 is 2.39 bits per heavy atom. The second-order valence-electron chi connectivity index (χ2n) is 4.79. The molecule has 0 amide bonds. The molecule has 98 valence electrons. The highest BCUT2D eigenvalue weighted by Crippen LogP contribution is 2.09. The van der Waals surface area contributed by atoms with Gasteiger partial charge in [0.15, 0.2) is 5.78 Å². The van der Waals surface area contributed by atoms with E-state index < -0.39 is 0 Å². The summed E-state index contributed by atoms with van der Waals surface area (Å²) in [4.78, 5) is 14.2. The van der Waals surface area contributed by atoms with Gasteiger partial charge in [-0.25, -0.2) is 0 Å². The smallest absolute Gasteiger partial charge is 0.161 e. The summed E-state index contributed by atoms with van der Waals surface area (Å²) in [6.07, 6.45) is 2.24. The molecule has 0 saturated heterocycles. The fourth-order valence-corrected chi connectivity index (χ4v) is 2.19. The Bertz CT molecular complexity index is 406. The zero-order chi connectivity index (χ0) is 13.5. The summed E-state index contributed by atoms with van der Waals surface area (Å²) in [7, 11) is 0. The number of hydrogen-bond donors (Lipinski definition) is 0. The normalized spacial score (nSPS) is 11.7. The van der Waals surface area contributed by atoms with Crippen LogP contribution in [0.2, 0.25) is 0 Å². The lowest BCUT2D eigenvalue weighted by atomic mass is 10.1. The lowest BCUT2D eigenvalue weighted by Gasteiger charge is -2.28. The average Bonchev–Trinajstić information content (AvgIpc) is 2.30. The Labute approximate surface area is 110 Å². The lowest BCUT2D eigenvalue weighted by molar-refractivity contribution is -0.114. The molecule has 0 unspecified atom stereocenters. The number of nitrogens with zero attached hydrogens (tertiary/aromatic N) is 1. The highest BCUT2D eigenvalue weighted by Gasteiger charge is 2.09. The van der Waals surface area contributed by atoms with Crippen LogP contribution >= 0.6 is 0 Å². The molecule has 2 nitrogen and oxygen atoms in total. The summed E-state index contributed by atoms with van der Waals surface area (Å²) in [5, 5.41) is 0. The number of carbonyl (C=O) groups excluding carboxylic acids is 1. The molecule has 0 N–H and O–H groups in total. The zero-order valence-corrected chi connectivity index (χ0v) is 11.8. The summed E-state index contributed by atoms with van der Waals surface area (Å²) in [5.74, 6) is 0.165. The molecule has 0 radical (unpaired) electrons. The van der Waals surface area contributed by atoms with Gasteiger partial charge in [-0.1, -0.05) is 30.3 Å². The van der Waals surface area contributed by atoms with E-state index in [2.05, 4.69) is 25.7 Å². The van der Waals surface area contributed by atoms with E-state index in [0.29, 0.717) is 12.5 Å². The van der Waals surface area contributed by atoms with Crippen LogP contribution in [-0.2, 0) is 11.2 Å². The molecule has 0 fully saturated rings. The number of hydrogen-bond acceptors (Lipinski definition) is 2. The van der Waals surface area contributed by atoms with Crippen LogP contribution in [0, 0.1) is 0 Å². The molecule has 1 aromatic carbocycles. The summed E-state index contributed by atoms with van der Waals surface area (Å²) >= 11 is 0. The van der Waals surface area contributed by atoms with Crippen LogP contribution in [0.15, 0.2) is 42.1 Å². The Hall–Kier alpha value is -1.57. The van der Waals surface area contributed by atoms with Gasteiger partial charge in [-0.15, -0.1) is 0 Å². The maximum absolute atomic E-state index is 12.0. The van der Waals surface area contributed by atoms with Crippen molar-refractivity contribution in [1.82, 2.24) is 4.90 Å². The number of carbonyl (C=O) groups is 1. The predicted molar refractivity (Wildman–Crippen MR) is 76.4 cm³/mol. The van der Waals surface area contributed by atoms with Crippen molar-refractivity contribution < 1.29 is 4.79 Å². The standard InChI is InChI=1S/C16H23NO/c1-5-17(13(2)3)14(4)11-16(18)12-15-9-7-6-8-10-15/h6-11,13H,5,12H2,1-4H3. The van der Waals surface area contributed by atoms with Crippen molar-refractivity contribution in [3.63, 3.8) is 0 Å². The Kier molecular flexibility index (Phi) is 5.63. The first-order valence-electron chi connectivity index (χ1n) is 6.56. The van der Waals surface area contributed by atoms with Crippen molar-refractivity contribution in [2.75, 3.05) is 6.54 Å². The fraction of sp³-hybridized carbons (Fsp3) is 0.438. The maximum atomic E-state index is 12.0. The zero-order valence-electron chi connectivity index (χ0n) is 11.8. The average molecular weight is 245 g/mol. The highest BCUT2D eigenvalue weighted by molar-refractivity contribution is 5.91. The maximum Gasteiger partial charge on any atom is 0.161 e. The third-order valence-electron chi connectivity index (χ3n) is 3.01. The van der Waals surface area contributed by atoms with E-state index in [-0.39, 0.29) is 5.78 Å². The van der Waals surface area contributed by atoms with E-state index in [1.54, 1.807) is 6.08 Å². The largest absolute Gasteiger partial charge is 0.373 e. The minimum Gasteiger partial charge on any atom is -0.373 e. The van der Waals surface area contributed by atoms with Crippen molar-refractivity contribution in [3.05, 3.63) is 47.7 Å². The summed E-state index contributed by atoms with van der Waals surface area (Å²) in [6, 6.07) is 10.3. The summed E-state index contributed by atoms with van der Waals surface area (Å²) in [5.41, 5.74) is 2.12. The Balaban J connectivity index is 2.68. The molecular weight excluding hydrogens is 222 g/mol. The van der Waals surface area contributed by atoms with Gasteiger partial charge in [0.05, 0.1) is 0 Å². The molecule has 2 heteroatoms. The van der Waals surface area contributed by atoms with Gasteiger partial charge in [-0.05, 0) is 33.3 Å². The van der Waals surface area contributed by atoms with E-state index in [1.165, 1.54) is 0 Å². The van der Waals surface area contributed by atoms with Crippen molar-refractivity contribution >= 4 is 5.78 Å². The van der Waals surface area contributed by atoms with Gasteiger partial charge in [0, 0.05) is 30.8 Å². The van der Waals surface area contributed by atoms with Crippen molar-refractivity contribution in [3.8, 4) is 0 Å². The predicted octanol–water partition coefficient (Wildman–Crippen LogP) is 3.43. The quantitative estimate of drug-likeness (QED) is 0.716. The molecular formula is C16H23NO. The number of rotatable bonds is 6. The third-order valence-corrected chi connectivity index (χ3v) is 3.01. The molecule has 0 aliphatic heterocycles. The van der Waals surface area contributed by atoms with Crippen molar-refractivity contribution in [1.29, 1.82) is 0 Å². The molecule has 0 aliphatic rings. The summed E-state index contributed by atoms with van der Waals surface area (Å²) in [6.45, 7) is 9.33. The first-order chi connectivity index (χ1) is 8.54. The number of ketones is 1. The molecule has 1 aromatic rings. The SMILES string of the molecule is CCN(C(C)=CC(=O)Cc1ccccc1)C(C)C. The van der Waals surface area contributed by atoms with Gasteiger partial charge in [-0.2, -0.15) is 0 Å². The number of allylic oxidation sites excluding steroid dienone is 2.